The minimum absolute atomic E-state index is 0.0230. The smallest absolute Gasteiger partial charge is 0.298 e. The van der Waals surface area contributed by atoms with Crippen LogP contribution in [0.1, 0.15) is 18.4 Å². The zero-order valence-electron chi connectivity index (χ0n) is 14.3. The third-order valence-electron chi connectivity index (χ3n) is 4.72. The molecule has 1 aliphatic heterocycles. The number of nitrogens with zero attached hydrogens (tertiary/aromatic N) is 2. The quantitative estimate of drug-likeness (QED) is 0.736. The highest BCUT2D eigenvalue weighted by Crippen LogP contribution is 2.27. The van der Waals surface area contributed by atoms with Gasteiger partial charge in [0.1, 0.15) is 5.52 Å². The molecule has 3 aromatic rings. The van der Waals surface area contributed by atoms with Crippen molar-refractivity contribution >= 4 is 28.7 Å². The van der Waals surface area contributed by atoms with Crippen LogP contribution in [-0.4, -0.2) is 24.0 Å². The van der Waals surface area contributed by atoms with E-state index in [-0.39, 0.29) is 11.8 Å². The number of carbonyl (C=O) groups excluding carboxylic acids is 1. The summed E-state index contributed by atoms with van der Waals surface area (Å²) in [6, 6.07) is 15.7. The topological polar surface area (TPSA) is 58.4 Å². The number of rotatable bonds is 3. The Morgan fingerprint density at radius 1 is 1.19 bits per heavy atom. The largest absolute Gasteiger partial charge is 0.423 e. The van der Waals surface area contributed by atoms with Gasteiger partial charge in [-0.2, -0.15) is 4.98 Å². The summed E-state index contributed by atoms with van der Waals surface area (Å²) in [4.78, 5) is 19.2. The maximum Gasteiger partial charge on any atom is 0.298 e. The molecule has 1 aromatic heterocycles. The molecule has 130 valence electrons. The van der Waals surface area contributed by atoms with E-state index < -0.39 is 0 Å². The van der Waals surface area contributed by atoms with Crippen molar-refractivity contribution in [1.29, 1.82) is 0 Å². The first-order valence-electron chi connectivity index (χ1n) is 8.71. The van der Waals surface area contributed by atoms with Crippen LogP contribution in [-0.2, 0) is 4.79 Å². The Labute approximate surface area is 152 Å². The van der Waals surface area contributed by atoms with Crippen LogP contribution in [0.25, 0.3) is 11.1 Å². The van der Waals surface area contributed by atoms with Gasteiger partial charge in [0, 0.05) is 30.3 Å². The van der Waals surface area contributed by atoms with E-state index in [1.807, 2.05) is 48.5 Å². The first-order chi connectivity index (χ1) is 12.7. The van der Waals surface area contributed by atoms with Gasteiger partial charge in [-0.3, -0.25) is 4.79 Å². The first-order valence-corrected chi connectivity index (χ1v) is 8.71. The molecule has 0 bridgehead atoms. The molecule has 1 N–H and O–H groups in total. The normalized spacial score (nSPS) is 15.0. The number of anilines is 2. The Morgan fingerprint density at radius 2 is 2.00 bits per heavy atom. The number of oxazole rings is 1. The average Bonchev–Trinajstić information content (AvgIpc) is 3.12. The molecule has 0 saturated carbocycles. The molecule has 4 rings (SSSR count). The van der Waals surface area contributed by atoms with E-state index in [1.54, 1.807) is 0 Å². The van der Waals surface area contributed by atoms with Gasteiger partial charge in [0.25, 0.3) is 6.01 Å². The van der Waals surface area contributed by atoms with Crippen molar-refractivity contribution in [3.8, 4) is 12.3 Å². The second-order valence-electron chi connectivity index (χ2n) is 6.44. The number of hydrogen-bond donors (Lipinski definition) is 1. The van der Waals surface area contributed by atoms with Crippen LogP contribution in [0.4, 0.5) is 11.7 Å². The van der Waals surface area contributed by atoms with Gasteiger partial charge in [-0.1, -0.05) is 24.1 Å². The van der Waals surface area contributed by atoms with E-state index in [4.69, 9.17) is 10.8 Å². The van der Waals surface area contributed by atoms with Gasteiger partial charge >= 0.3 is 0 Å². The molecule has 2 aromatic carbocycles. The number of carbonyl (C=O) groups is 1. The number of amides is 1. The third kappa shape index (κ3) is 3.27. The molecule has 1 aliphatic rings. The molecule has 1 amide bonds. The lowest BCUT2D eigenvalue weighted by Gasteiger charge is -2.30. The van der Waals surface area contributed by atoms with Gasteiger partial charge in [0.15, 0.2) is 5.58 Å². The number of fused-ring (bicyclic) bond motifs is 1. The van der Waals surface area contributed by atoms with Gasteiger partial charge in [-0.25, -0.2) is 0 Å². The number of para-hydroxylation sites is 2. The predicted molar refractivity (Wildman–Crippen MR) is 102 cm³/mol. The van der Waals surface area contributed by atoms with Crippen molar-refractivity contribution in [2.45, 2.75) is 12.8 Å². The van der Waals surface area contributed by atoms with Crippen molar-refractivity contribution in [2.24, 2.45) is 5.92 Å². The number of terminal acetylenes is 1. The molecule has 2 heterocycles. The SMILES string of the molecule is C#Cc1cccc(NC(=O)C2CCN(c3nc4ccccc4o3)CC2)c1. The van der Waals surface area contributed by atoms with Crippen LogP contribution >= 0.6 is 0 Å². The highest BCUT2D eigenvalue weighted by Gasteiger charge is 2.27. The summed E-state index contributed by atoms with van der Waals surface area (Å²) in [6.45, 7) is 1.49. The molecule has 0 atom stereocenters. The summed E-state index contributed by atoms with van der Waals surface area (Å²) in [5, 5.41) is 2.97. The van der Waals surface area contributed by atoms with Crippen molar-refractivity contribution in [3.05, 3.63) is 54.1 Å². The summed E-state index contributed by atoms with van der Waals surface area (Å²) in [6.07, 6.45) is 6.93. The van der Waals surface area contributed by atoms with Gasteiger partial charge < -0.3 is 14.6 Å². The van der Waals surface area contributed by atoms with E-state index in [0.29, 0.717) is 6.01 Å². The molecule has 1 fully saturated rings. The van der Waals surface area contributed by atoms with Crippen LogP contribution < -0.4 is 10.2 Å². The molecule has 1 saturated heterocycles. The molecule has 5 heteroatoms. The van der Waals surface area contributed by atoms with E-state index in [2.05, 4.69) is 21.1 Å². The lowest BCUT2D eigenvalue weighted by molar-refractivity contribution is -0.120. The van der Waals surface area contributed by atoms with E-state index in [9.17, 15) is 4.79 Å². The van der Waals surface area contributed by atoms with E-state index in [0.717, 1.165) is 48.3 Å². The Kier molecular flexibility index (Phi) is 4.32. The number of nitrogens with one attached hydrogen (secondary N) is 1. The van der Waals surface area contributed by atoms with E-state index in [1.165, 1.54) is 0 Å². The molecule has 5 nitrogen and oxygen atoms in total. The summed E-state index contributed by atoms with van der Waals surface area (Å²) in [5.41, 5.74) is 3.15. The standard InChI is InChI=1S/C21H19N3O2/c1-2-15-6-5-7-17(14-15)22-20(25)16-10-12-24(13-11-16)21-23-18-8-3-4-9-19(18)26-21/h1,3-9,14,16H,10-13H2,(H,22,25). The highest BCUT2D eigenvalue weighted by molar-refractivity contribution is 5.92. The van der Waals surface area contributed by atoms with Crippen LogP contribution in [0.5, 0.6) is 0 Å². The lowest BCUT2D eigenvalue weighted by atomic mass is 9.96. The molecular weight excluding hydrogens is 326 g/mol. The van der Waals surface area contributed by atoms with Gasteiger partial charge in [-0.15, -0.1) is 6.42 Å². The summed E-state index contributed by atoms with van der Waals surface area (Å²) >= 11 is 0. The fourth-order valence-electron chi connectivity index (χ4n) is 3.26. The average molecular weight is 345 g/mol. The van der Waals surface area contributed by atoms with Crippen molar-refractivity contribution in [1.82, 2.24) is 4.98 Å². The van der Waals surface area contributed by atoms with Gasteiger partial charge in [0.05, 0.1) is 0 Å². The van der Waals surface area contributed by atoms with Crippen LogP contribution in [0.15, 0.2) is 52.9 Å². The Balaban J connectivity index is 1.38. The third-order valence-corrected chi connectivity index (χ3v) is 4.72. The first kappa shape index (κ1) is 16.2. The maximum atomic E-state index is 12.5. The number of benzene rings is 2. The van der Waals surface area contributed by atoms with E-state index >= 15 is 0 Å². The van der Waals surface area contributed by atoms with Crippen LogP contribution in [0.2, 0.25) is 0 Å². The van der Waals surface area contributed by atoms with Crippen molar-refractivity contribution in [2.75, 3.05) is 23.3 Å². The molecule has 0 radical (unpaired) electrons. The van der Waals surface area contributed by atoms with Gasteiger partial charge in [-0.05, 0) is 43.2 Å². The fourth-order valence-corrected chi connectivity index (χ4v) is 3.26. The zero-order valence-corrected chi connectivity index (χ0v) is 14.3. The Bertz CT molecular complexity index is 945. The molecule has 0 aliphatic carbocycles. The minimum Gasteiger partial charge on any atom is -0.423 e. The Morgan fingerprint density at radius 3 is 2.77 bits per heavy atom. The minimum atomic E-state index is -0.0230. The lowest BCUT2D eigenvalue weighted by Crippen LogP contribution is -2.38. The zero-order chi connectivity index (χ0) is 17.9. The van der Waals surface area contributed by atoms with Gasteiger partial charge in [0.2, 0.25) is 5.91 Å². The monoisotopic (exact) mass is 345 g/mol. The maximum absolute atomic E-state index is 12.5. The molecule has 0 unspecified atom stereocenters. The van der Waals surface area contributed by atoms with Crippen molar-refractivity contribution in [3.63, 3.8) is 0 Å². The van der Waals surface area contributed by atoms with Crippen LogP contribution in [0, 0.1) is 18.3 Å². The summed E-state index contributed by atoms with van der Waals surface area (Å²) in [5.74, 6) is 2.60. The number of piperidine rings is 1. The number of hydrogen-bond acceptors (Lipinski definition) is 4. The second kappa shape index (κ2) is 6.93. The summed E-state index contributed by atoms with van der Waals surface area (Å²) in [7, 11) is 0. The molecule has 0 spiro atoms. The molecule has 26 heavy (non-hydrogen) atoms. The Hall–Kier alpha value is -3.26. The predicted octanol–water partition coefficient (Wildman–Crippen LogP) is 3.66. The fraction of sp³-hybridized carbons (Fsp3) is 0.238. The molecular formula is C21H19N3O2. The summed E-state index contributed by atoms with van der Waals surface area (Å²) < 4.78 is 5.82. The number of aromatic nitrogens is 1. The second-order valence-corrected chi connectivity index (χ2v) is 6.44. The van der Waals surface area contributed by atoms with Crippen LogP contribution in [0.3, 0.4) is 0 Å². The van der Waals surface area contributed by atoms with Crippen molar-refractivity contribution < 1.29 is 9.21 Å². The highest BCUT2D eigenvalue weighted by atomic mass is 16.4.